The average molecular weight is 164 g/mol. The maximum atomic E-state index is 8.62. The van der Waals surface area contributed by atoms with Gasteiger partial charge in [-0.3, -0.25) is 0 Å². The molecule has 64 valence electrons. The van der Waals surface area contributed by atoms with E-state index in [1.54, 1.807) is 6.20 Å². The summed E-state index contributed by atoms with van der Waals surface area (Å²) in [6.07, 6.45) is 2.97. The van der Waals surface area contributed by atoms with Crippen molar-refractivity contribution in [1.29, 1.82) is 5.26 Å². The van der Waals surface area contributed by atoms with Crippen molar-refractivity contribution >= 4 is 0 Å². The highest BCUT2D eigenvalue weighted by Gasteiger charge is 2.27. The largest absolute Gasteiger partial charge is 0.361 e. The van der Waals surface area contributed by atoms with E-state index in [0.29, 0.717) is 6.42 Å². The van der Waals surface area contributed by atoms with Crippen LogP contribution in [0.1, 0.15) is 32.4 Å². The van der Waals surface area contributed by atoms with E-state index in [1.807, 2.05) is 19.9 Å². The summed E-state index contributed by atoms with van der Waals surface area (Å²) in [6.45, 7) is 4.05. The molecular formula is C9H12N2O. The second kappa shape index (κ2) is 3.40. The van der Waals surface area contributed by atoms with Crippen LogP contribution < -0.4 is 0 Å². The minimum absolute atomic E-state index is 0.175. The third-order valence-electron chi connectivity index (χ3n) is 2.28. The van der Waals surface area contributed by atoms with Gasteiger partial charge in [-0.05, 0) is 6.42 Å². The van der Waals surface area contributed by atoms with Crippen molar-refractivity contribution in [2.75, 3.05) is 0 Å². The van der Waals surface area contributed by atoms with Crippen molar-refractivity contribution in [1.82, 2.24) is 5.16 Å². The first-order valence-corrected chi connectivity index (χ1v) is 4.01. The van der Waals surface area contributed by atoms with Gasteiger partial charge in [0.2, 0.25) is 0 Å². The molecule has 1 aromatic rings. The first-order chi connectivity index (χ1) is 5.73. The normalized spacial score (nSPS) is 15.1. The van der Waals surface area contributed by atoms with Gasteiger partial charge >= 0.3 is 0 Å². The highest BCUT2D eigenvalue weighted by molar-refractivity contribution is 5.12. The molecule has 12 heavy (non-hydrogen) atoms. The van der Waals surface area contributed by atoms with Gasteiger partial charge in [0.25, 0.3) is 0 Å². The Morgan fingerprint density at radius 1 is 1.75 bits per heavy atom. The van der Waals surface area contributed by atoms with Gasteiger partial charge in [0.05, 0.1) is 12.3 Å². The number of rotatable bonds is 3. The van der Waals surface area contributed by atoms with E-state index in [9.17, 15) is 0 Å². The monoisotopic (exact) mass is 164 g/mol. The number of nitriles is 1. The summed E-state index contributed by atoms with van der Waals surface area (Å²) >= 11 is 0. The molecule has 0 saturated carbocycles. The fourth-order valence-corrected chi connectivity index (χ4v) is 1.09. The summed E-state index contributed by atoms with van der Waals surface area (Å²) in [7, 11) is 0. The predicted octanol–water partition coefficient (Wildman–Crippen LogP) is 2.26. The van der Waals surface area contributed by atoms with Crippen LogP contribution in [-0.4, -0.2) is 5.16 Å². The van der Waals surface area contributed by atoms with Crippen molar-refractivity contribution in [3.8, 4) is 6.07 Å². The van der Waals surface area contributed by atoms with Crippen molar-refractivity contribution in [3.63, 3.8) is 0 Å². The van der Waals surface area contributed by atoms with E-state index in [-0.39, 0.29) is 5.41 Å². The zero-order chi connectivity index (χ0) is 9.03. The highest BCUT2D eigenvalue weighted by Crippen LogP contribution is 2.30. The minimum atomic E-state index is -0.175. The van der Waals surface area contributed by atoms with Gasteiger partial charge < -0.3 is 4.52 Å². The first kappa shape index (κ1) is 8.79. The third-order valence-corrected chi connectivity index (χ3v) is 2.28. The molecule has 0 N–H and O–H groups in total. The Kier molecular flexibility index (Phi) is 2.49. The summed E-state index contributed by atoms with van der Waals surface area (Å²) < 4.78 is 5.04. The number of nitrogens with zero attached hydrogens (tertiary/aromatic N) is 2. The molecule has 0 aliphatic rings. The fourth-order valence-electron chi connectivity index (χ4n) is 1.09. The van der Waals surface area contributed by atoms with Crippen molar-refractivity contribution in [2.24, 2.45) is 0 Å². The fraction of sp³-hybridized carbons (Fsp3) is 0.556. The van der Waals surface area contributed by atoms with Crippen LogP contribution in [-0.2, 0) is 5.41 Å². The zero-order valence-corrected chi connectivity index (χ0v) is 7.37. The van der Waals surface area contributed by atoms with Crippen LogP contribution in [0.5, 0.6) is 0 Å². The van der Waals surface area contributed by atoms with Crippen LogP contribution >= 0.6 is 0 Å². The van der Waals surface area contributed by atoms with Crippen LogP contribution in [0.15, 0.2) is 16.8 Å². The van der Waals surface area contributed by atoms with Crippen molar-refractivity contribution in [2.45, 2.75) is 32.1 Å². The van der Waals surface area contributed by atoms with Gasteiger partial charge in [-0.1, -0.05) is 19.0 Å². The molecule has 1 unspecified atom stereocenters. The van der Waals surface area contributed by atoms with Gasteiger partial charge in [-0.2, -0.15) is 5.26 Å². The van der Waals surface area contributed by atoms with E-state index >= 15 is 0 Å². The Labute approximate surface area is 72.0 Å². The summed E-state index contributed by atoms with van der Waals surface area (Å²) in [6, 6.07) is 3.98. The van der Waals surface area contributed by atoms with E-state index in [0.717, 1.165) is 12.2 Å². The lowest BCUT2D eigenvalue weighted by Gasteiger charge is -2.20. The molecular weight excluding hydrogens is 152 g/mol. The molecule has 1 heterocycles. The summed E-state index contributed by atoms with van der Waals surface area (Å²) in [5, 5.41) is 12.3. The van der Waals surface area contributed by atoms with Crippen LogP contribution in [0.4, 0.5) is 0 Å². The zero-order valence-electron chi connectivity index (χ0n) is 7.37. The lowest BCUT2D eigenvalue weighted by atomic mass is 9.82. The topological polar surface area (TPSA) is 49.8 Å². The van der Waals surface area contributed by atoms with Gasteiger partial charge in [0.1, 0.15) is 5.76 Å². The Morgan fingerprint density at radius 3 is 2.92 bits per heavy atom. The molecule has 0 aromatic carbocycles. The molecule has 1 aromatic heterocycles. The Hall–Kier alpha value is -1.30. The number of hydrogen-bond acceptors (Lipinski definition) is 3. The van der Waals surface area contributed by atoms with Gasteiger partial charge in [0.15, 0.2) is 0 Å². The second-order valence-electron chi connectivity index (χ2n) is 3.13. The highest BCUT2D eigenvalue weighted by atomic mass is 16.5. The Morgan fingerprint density at radius 2 is 2.50 bits per heavy atom. The number of hydrogen-bond donors (Lipinski definition) is 0. The second-order valence-corrected chi connectivity index (χ2v) is 3.13. The molecule has 3 nitrogen and oxygen atoms in total. The van der Waals surface area contributed by atoms with E-state index in [1.165, 1.54) is 0 Å². The van der Waals surface area contributed by atoms with Crippen LogP contribution in [0.3, 0.4) is 0 Å². The predicted molar refractivity (Wildman–Crippen MR) is 44.4 cm³/mol. The number of aromatic nitrogens is 1. The van der Waals surface area contributed by atoms with Gasteiger partial charge in [0, 0.05) is 17.9 Å². The van der Waals surface area contributed by atoms with E-state index in [4.69, 9.17) is 9.78 Å². The smallest absolute Gasteiger partial charge is 0.143 e. The molecule has 1 rings (SSSR count). The molecule has 3 heteroatoms. The van der Waals surface area contributed by atoms with Crippen molar-refractivity contribution < 1.29 is 4.52 Å². The maximum Gasteiger partial charge on any atom is 0.143 e. The van der Waals surface area contributed by atoms with Crippen LogP contribution in [0.25, 0.3) is 0 Å². The summed E-state index contributed by atoms with van der Waals surface area (Å²) in [5.74, 6) is 0.798. The lowest BCUT2D eigenvalue weighted by Crippen LogP contribution is -2.19. The standard InChI is InChI=1S/C9H12N2O/c1-3-9(2,5-6-10)8-4-7-11-12-8/h4,7H,3,5H2,1-2H3. The third kappa shape index (κ3) is 1.48. The molecule has 0 amide bonds. The van der Waals surface area contributed by atoms with E-state index in [2.05, 4.69) is 11.2 Å². The Bertz CT molecular complexity index is 273. The van der Waals surface area contributed by atoms with Crippen LogP contribution in [0, 0.1) is 11.3 Å². The molecule has 0 spiro atoms. The molecule has 0 bridgehead atoms. The van der Waals surface area contributed by atoms with E-state index < -0.39 is 0 Å². The SMILES string of the molecule is CCC(C)(CC#N)c1ccno1. The molecule has 0 aliphatic carbocycles. The first-order valence-electron chi connectivity index (χ1n) is 4.01. The van der Waals surface area contributed by atoms with Crippen LogP contribution in [0.2, 0.25) is 0 Å². The molecule has 1 atom stereocenters. The molecule has 0 radical (unpaired) electrons. The summed E-state index contributed by atoms with van der Waals surface area (Å²) in [4.78, 5) is 0. The van der Waals surface area contributed by atoms with Crippen molar-refractivity contribution in [3.05, 3.63) is 18.0 Å². The minimum Gasteiger partial charge on any atom is -0.361 e. The van der Waals surface area contributed by atoms with Gasteiger partial charge in [-0.25, -0.2) is 0 Å². The molecule has 0 saturated heterocycles. The Balaban J connectivity index is 2.89. The molecule has 0 fully saturated rings. The average Bonchev–Trinajstić information content (AvgIpc) is 2.57. The molecule has 0 aliphatic heterocycles. The van der Waals surface area contributed by atoms with Gasteiger partial charge in [-0.15, -0.1) is 0 Å². The quantitative estimate of drug-likeness (QED) is 0.688. The lowest BCUT2D eigenvalue weighted by molar-refractivity contribution is 0.298. The summed E-state index contributed by atoms with van der Waals surface area (Å²) in [5.41, 5.74) is -0.175. The maximum absolute atomic E-state index is 8.62.